The van der Waals surface area contributed by atoms with Crippen molar-refractivity contribution in [1.82, 2.24) is 10.2 Å². The molecule has 35 heavy (non-hydrogen) atoms. The summed E-state index contributed by atoms with van der Waals surface area (Å²) in [5.41, 5.74) is 1.30. The van der Waals surface area contributed by atoms with Crippen LogP contribution in [0.4, 0.5) is 4.39 Å². The molecule has 0 aliphatic carbocycles. The number of nitrogens with zero attached hydrogens (tertiary/aromatic N) is 1. The van der Waals surface area contributed by atoms with Gasteiger partial charge in [0, 0.05) is 31.0 Å². The van der Waals surface area contributed by atoms with Crippen LogP contribution in [0.15, 0.2) is 84.9 Å². The van der Waals surface area contributed by atoms with Gasteiger partial charge in [-0.05, 0) is 44.0 Å². The zero-order valence-corrected chi connectivity index (χ0v) is 20.3. The maximum absolute atomic E-state index is 14.6. The second-order valence-corrected chi connectivity index (χ2v) is 8.75. The van der Waals surface area contributed by atoms with Crippen LogP contribution in [0.25, 0.3) is 0 Å². The van der Waals surface area contributed by atoms with Gasteiger partial charge in [-0.15, -0.1) is 0 Å². The van der Waals surface area contributed by atoms with Crippen LogP contribution in [-0.2, 0) is 22.6 Å². The summed E-state index contributed by atoms with van der Waals surface area (Å²) in [6.07, 6.45) is 0.993. The topological polar surface area (TPSA) is 58.6 Å². The van der Waals surface area contributed by atoms with Gasteiger partial charge in [-0.2, -0.15) is 0 Å². The van der Waals surface area contributed by atoms with E-state index in [4.69, 9.17) is 4.74 Å². The molecule has 0 aliphatic rings. The van der Waals surface area contributed by atoms with Gasteiger partial charge >= 0.3 is 0 Å². The molecular weight excluding hydrogens is 443 g/mol. The molecule has 3 rings (SSSR count). The number of para-hydroxylation sites is 1. The molecule has 1 atom stereocenters. The molecule has 0 spiro atoms. The van der Waals surface area contributed by atoms with Gasteiger partial charge < -0.3 is 15.0 Å². The molecule has 0 radical (unpaired) electrons. The van der Waals surface area contributed by atoms with Crippen molar-refractivity contribution in [2.75, 3.05) is 6.61 Å². The summed E-state index contributed by atoms with van der Waals surface area (Å²) in [5, 5.41) is 2.94. The summed E-state index contributed by atoms with van der Waals surface area (Å²) in [7, 11) is 0. The second kappa shape index (κ2) is 13.3. The monoisotopic (exact) mass is 476 g/mol. The summed E-state index contributed by atoms with van der Waals surface area (Å²) in [6.45, 7) is 4.13. The lowest BCUT2D eigenvalue weighted by Crippen LogP contribution is -2.51. The van der Waals surface area contributed by atoms with E-state index < -0.39 is 11.9 Å². The molecule has 0 unspecified atom stereocenters. The first-order valence-electron chi connectivity index (χ1n) is 12.0. The van der Waals surface area contributed by atoms with Crippen molar-refractivity contribution in [3.63, 3.8) is 0 Å². The number of nitrogens with one attached hydrogen (secondary N) is 1. The second-order valence-electron chi connectivity index (χ2n) is 8.75. The molecule has 0 heterocycles. The van der Waals surface area contributed by atoms with E-state index in [0.29, 0.717) is 25.0 Å². The fourth-order valence-electron chi connectivity index (χ4n) is 3.82. The lowest BCUT2D eigenvalue weighted by atomic mass is 10.0. The molecule has 0 fully saturated rings. The Balaban J connectivity index is 1.80. The number of ether oxygens (including phenoxy) is 1. The Morgan fingerprint density at radius 1 is 0.914 bits per heavy atom. The molecule has 5 nitrogen and oxygen atoms in total. The van der Waals surface area contributed by atoms with Crippen LogP contribution in [0.5, 0.6) is 5.75 Å². The number of carbonyl (C=O) groups is 2. The molecule has 3 aromatic rings. The van der Waals surface area contributed by atoms with Gasteiger partial charge in [0.15, 0.2) is 0 Å². The minimum atomic E-state index is -0.776. The van der Waals surface area contributed by atoms with Crippen molar-refractivity contribution < 1.29 is 18.7 Å². The standard InChI is InChI=1S/C29H33FN2O3/c1-22(2)31-29(34)27(20-23-12-5-3-6-13-23)32(21-24-14-9-10-17-26(24)30)28(33)18-11-19-35-25-15-7-4-8-16-25/h3-10,12-17,22,27H,11,18-21H2,1-2H3,(H,31,34)/t27-/m1/s1. The Morgan fingerprint density at radius 3 is 2.20 bits per heavy atom. The molecule has 184 valence electrons. The smallest absolute Gasteiger partial charge is 0.243 e. The summed E-state index contributed by atoms with van der Waals surface area (Å²) in [4.78, 5) is 28.2. The predicted molar refractivity (Wildman–Crippen MR) is 135 cm³/mol. The highest BCUT2D eigenvalue weighted by Crippen LogP contribution is 2.18. The third-order valence-corrected chi connectivity index (χ3v) is 5.55. The quantitative estimate of drug-likeness (QED) is 0.368. The van der Waals surface area contributed by atoms with E-state index in [-0.39, 0.29) is 30.8 Å². The zero-order valence-electron chi connectivity index (χ0n) is 20.3. The molecule has 0 saturated carbocycles. The molecule has 0 aliphatic heterocycles. The Morgan fingerprint density at radius 2 is 1.54 bits per heavy atom. The van der Waals surface area contributed by atoms with Crippen LogP contribution >= 0.6 is 0 Å². The average Bonchev–Trinajstić information content (AvgIpc) is 2.85. The number of carbonyl (C=O) groups excluding carboxylic acids is 2. The highest BCUT2D eigenvalue weighted by molar-refractivity contribution is 5.88. The van der Waals surface area contributed by atoms with Crippen LogP contribution in [0, 0.1) is 5.82 Å². The van der Waals surface area contributed by atoms with Crippen LogP contribution in [0.3, 0.4) is 0 Å². The Bertz CT molecular complexity index is 1070. The van der Waals surface area contributed by atoms with Gasteiger partial charge in [0.1, 0.15) is 17.6 Å². The fourth-order valence-corrected chi connectivity index (χ4v) is 3.82. The molecule has 6 heteroatoms. The molecular formula is C29H33FN2O3. The number of amides is 2. The lowest BCUT2D eigenvalue weighted by Gasteiger charge is -2.32. The van der Waals surface area contributed by atoms with Gasteiger partial charge in [-0.25, -0.2) is 4.39 Å². The van der Waals surface area contributed by atoms with Crippen molar-refractivity contribution >= 4 is 11.8 Å². The van der Waals surface area contributed by atoms with E-state index in [0.717, 1.165) is 11.3 Å². The third-order valence-electron chi connectivity index (χ3n) is 5.55. The number of benzene rings is 3. The maximum Gasteiger partial charge on any atom is 0.243 e. The van der Waals surface area contributed by atoms with Crippen molar-refractivity contribution in [3.8, 4) is 5.75 Å². The average molecular weight is 477 g/mol. The normalized spacial score (nSPS) is 11.7. The van der Waals surface area contributed by atoms with Gasteiger partial charge in [0.25, 0.3) is 0 Å². The van der Waals surface area contributed by atoms with E-state index >= 15 is 0 Å². The SMILES string of the molecule is CC(C)NC(=O)[C@@H](Cc1ccccc1)N(Cc1ccccc1F)C(=O)CCCOc1ccccc1. The van der Waals surface area contributed by atoms with E-state index in [2.05, 4.69) is 5.32 Å². The fraction of sp³-hybridized carbons (Fsp3) is 0.310. The van der Waals surface area contributed by atoms with Crippen LogP contribution in [0.1, 0.15) is 37.8 Å². The minimum absolute atomic E-state index is 0.00800. The largest absolute Gasteiger partial charge is 0.494 e. The molecule has 0 saturated heterocycles. The zero-order chi connectivity index (χ0) is 25.0. The first-order valence-corrected chi connectivity index (χ1v) is 12.0. The van der Waals surface area contributed by atoms with Gasteiger partial charge in [-0.1, -0.05) is 66.7 Å². The third kappa shape index (κ3) is 8.25. The van der Waals surface area contributed by atoms with Crippen molar-refractivity contribution in [1.29, 1.82) is 0 Å². The molecule has 3 aromatic carbocycles. The van der Waals surface area contributed by atoms with Crippen LogP contribution in [0.2, 0.25) is 0 Å². The van der Waals surface area contributed by atoms with E-state index in [1.807, 2.05) is 74.5 Å². The Kier molecular flexibility index (Phi) is 9.84. The first kappa shape index (κ1) is 25.9. The first-order chi connectivity index (χ1) is 16.9. The summed E-state index contributed by atoms with van der Waals surface area (Å²) >= 11 is 0. The van der Waals surface area contributed by atoms with Crippen molar-refractivity contribution in [2.45, 2.75) is 51.7 Å². The lowest BCUT2D eigenvalue weighted by molar-refractivity contribution is -0.141. The van der Waals surface area contributed by atoms with E-state index in [1.165, 1.54) is 11.0 Å². The van der Waals surface area contributed by atoms with Crippen molar-refractivity contribution in [2.24, 2.45) is 0 Å². The van der Waals surface area contributed by atoms with Crippen LogP contribution < -0.4 is 10.1 Å². The summed E-state index contributed by atoms with van der Waals surface area (Å²) in [6, 6.07) is 24.4. The number of halogens is 1. The Labute approximate surface area is 206 Å². The number of hydrogen-bond donors (Lipinski definition) is 1. The molecule has 0 bridgehead atoms. The van der Waals surface area contributed by atoms with E-state index in [9.17, 15) is 14.0 Å². The number of rotatable bonds is 12. The summed E-state index contributed by atoms with van der Waals surface area (Å²) < 4.78 is 20.3. The molecule has 2 amide bonds. The van der Waals surface area contributed by atoms with Gasteiger partial charge in [0.05, 0.1) is 6.61 Å². The highest BCUT2D eigenvalue weighted by atomic mass is 19.1. The Hall–Kier alpha value is -3.67. The molecule has 0 aromatic heterocycles. The highest BCUT2D eigenvalue weighted by Gasteiger charge is 2.31. The molecule has 1 N–H and O–H groups in total. The summed E-state index contributed by atoms with van der Waals surface area (Å²) in [5.74, 6) is -0.138. The predicted octanol–water partition coefficient (Wildman–Crippen LogP) is 5.15. The van der Waals surface area contributed by atoms with E-state index in [1.54, 1.807) is 18.2 Å². The minimum Gasteiger partial charge on any atom is -0.494 e. The maximum atomic E-state index is 14.6. The van der Waals surface area contributed by atoms with Gasteiger partial charge in [0.2, 0.25) is 11.8 Å². The van der Waals surface area contributed by atoms with Crippen LogP contribution in [-0.4, -0.2) is 35.4 Å². The van der Waals surface area contributed by atoms with Gasteiger partial charge in [-0.3, -0.25) is 9.59 Å². The number of hydrogen-bond acceptors (Lipinski definition) is 3. The van der Waals surface area contributed by atoms with Crippen molar-refractivity contribution in [3.05, 3.63) is 102 Å².